The predicted molar refractivity (Wildman–Crippen MR) is 98.2 cm³/mol. The Morgan fingerprint density at radius 1 is 1.19 bits per heavy atom. The zero-order chi connectivity index (χ0) is 18.8. The first-order valence-corrected chi connectivity index (χ1v) is 9.06. The summed E-state index contributed by atoms with van der Waals surface area (Å²) in [5, 5.41) is 31.0. The molecule has 1 aliphatic heterocycles. The minimum Gasteiger partial charge on any atom is -0.461 e. The van der Waals surface area contributed by atoms with Crippen LogP contribution < -0.4 is 4.74 Å². The molecule has 7 heteroatoms. The van der Waals surface area contributed by atoms with Gasteiger partial charge >= 0.3 is 0 Å². The number of fused-ring (bicyclic) bond motifs is 1. The first-order valence-electron chi connectivity index (χ1n) is 9.06. The first kappa shape index (κ1) is 19.1. The lowest BCUT2D eigenvalue weighted by atomic mass is 10.00. The third-order valence-electron chi connectivity index (χ3n) is 5.10. The topological polar surface area (TPSA) is 98.2 Å². The predicted octanol–water partition coefficient (Wildman–Crippen LogP) is 0.868. The van der Waals surface area contributed by atoms with Gasteiger partial charge in [0.25, 0.3) is 0 Å². The number of hydrogen-bond acceptors (Lipinski definition) is 6. The number of nitrogens with one attached hydrogen (secondary N) is 1. The number of aliphatic hydroxyl groups excluding tert-OH is 3. The minimum absolute atomic E-state index is 0.581. The largest absolute Gasteiger partial charge is 0.461 e. The van der Waals surface area contributed by atoms with Crippen molar-refractivity contribution in [3.05, 3.63) is 30.0 Å². The second kappa shape index (κ2) is 7.94. The number of hydrogen-bond donors (Lipinski definition) is 4. The van der Waals surface area contributed by atoms with E-state index in [4.69, 9.17) is 9.47 Å². The molecule has 5 unspecified atom stereocenters. The highest BCUT2D eigenvalue weighted by molar-refractivity contribution is 5.89. The Morgan fingerprint density at radius 2 is 1.96 bits per heavy atom. The van der Waals surface area contributed by atoms with Gasteiger partial charge in [-0.2, -0.15) is 0 Å². The fourth-order valence-corrected chi connectivity index (χ4v) is 3.22. The van der Waals surface area contributed by atoms with Crippen molar-refractivity contribution in [1.82, 2.24) is 9.88 Å². The van der Waals surface area contributed by atoms with Crippen molar-refractivity contribution in [3.8, 4) is 5.75 Å². The molecule has 144 valence electrons. The standard InChI is InChI=1S/C19H28N2O5/c1-4-21(3)9-8-12-10-20-13-6-5-7-14(15(12)13)26-19-18(24)17(23)16(22)11(2)25-19/h5-7,10-11,16-20,22-24H,4,8-9H2,1-3H3. The van der Waals surface area contributed by atoms with Gasteiger partial charge in [0.15, 0.2) is 0 Å². The summed E-state index contributed by atoms with van der Waals surface area (Å²) in [6, 6.07) is 5.65. The van der Waals surface area contributed by atoms with Crippen LogP contribution in [0.2, 0.25) is 0 Å². The molecule has 2 aromatic rings. The second-order valence-corrected chi connectivity index (χ2v) is 6.94. The van der Waals surface area contributed by atoms with Gasteiger partial charge < -0.3 is 34.7 Å². The van der Waals surface area contributed by atoms with Crippen LogP contribution in [0.3, 0.4) is 0 Å². The Hall–Kier alpha value is -1.64. The lowest BCUT2D eigenvalue weighted by Crippen LogP contribution is -2.58. The smallest absolute Gasteiger partial charge is 0.229 e. The van der Waals surface area contributed by atoms with Crippen molar-refractivity contribution < 1.29 is 24.8 Å². The highest BCUT2D eigenvalue weighted by Crippen LogP contribution is 2.32. The fraction of sp³-hybridized carbons (Fsp3) is 0.579. The number of H-pyrrole nitrogens is 1. The van der Waals surface area contributed by atoms with E-state index in [2.05, 4.69) is 23.9 Å². The van der Waals surface area contributed by atoms with Crippen molar-refractivity contribution in [2.45, 2.75) is 51.0 Å². The molecule has 0 aliphatic carbocycles. The molecule has 1 fully saturated rings. The summed E-state index contributed by atoms with van der Waals surface area (Å²) in [7, 11) is 2.08. The van der Waals surface area contributed by atoms with E-state index in [-0.39, 0.29) is 0 Å². The van der Waals surface area contributed by atoms with Crippen LogP contribution in [0.1, 0.15) is 19.4 Å². The number of aromatic amines is 1. The molecule has 0 radical (unpaired) electrons. The molecule has 1 aromatic heterocycles. The van der Waals surface area contributed by atoms with Gasteiger partial charge in [0, 0.05) is 23.6 Å². The van der Waals surface area contributed by atoms with Crippen LogP contribution in [0, 0.1) is 0 Å². The summed E-state index contributed by atoms with van der Waals surface area (Å²) in [6.07, 6.45) is -2.64. The van der Waals surface area contributed by atoms with Gasteiger partial charge in [0.2, 0.25) is 6.29 Å². The van der Waals surface area contributed by atoms with Crippen LogP contribution in [0.4, 0.5) is 0 Å². The first-order chi connectivity index (χ1) is 12.4. The number of likely N-dealkylation sites (N-methyl/N-ethyl adjacent to an activating group) is 1. The number of ether oxygens (including phenoxy) is 2. The molecule has 2 heterocycles. The summed E-state index contributed by atoms with van der Waals surface area (Å²) in [5.74, 6) is 0.581. The van der Waals surface area contributed by atoms with E-state index in [1.165, 1.54) is 0 Å². The van der Waals surface area contributed by atoms with Crippen LogP contribution in [0.25, 0.3) is 10.9 Å². The van der Waals surface area contributed by atoms with Crippen LogP contribution >= 0.6 is 0 Å². The lowest BCUT2D eigenvalue weighted by Gasteiger charge is -2.39. The average Bonchev–Trinajstić information content (AvgIpc) is 3.06. The Bertz CT molecular complexity index is 734. The molecule has 4 N–H and O–H groups in total. The van der Waals surface area contributed by atoms with Crippen molar-refractivity contribution in [2.75, 3.05) is 20.1 Å². The van der Waals surface area contributed by atoms with Crippen LogP contribution in [-0.2, 0) is 11.2 Å². The second-order valence-electron chi connectivity index (χ2n) is 6.94. The molecule has 26 heavy (non-hydrogen) atoms. The van der Waals surface area contributed by atoms with Gasteiger partial charge in [0.1, 0.15) is 24.1 Å². The van der Waals surface area contributed by atoms with E-state index in [0.717, 1.165) is 36.0 Å². The number of aliphatic hydroxyl groups is 3. The Morgan fingerprint density at radius 3 is 2.69 bits per heavy atom. The molecule has 0 spiro atoms. The Labute approximate surface area is 153 Å². The molecule has 5 atom stereocenters. The van der Waals surface area contributed by atoms with Gasteiger partial charge in [-0.05, 0) is 44.6 Å². The average molecular weight is 364 g/mol. The van der Waals surface area contributed by atoms with Gasteiger partial charge in [-0.25, -0.2) is 0 Å². The van der Waals surface area contributed by atoms with E-state index >= 15 is 0 Å². The molecular weight excluding hydrogens is 336 g/mol. The minimum atomic E-state index is -1.33. The van der Waals surface area contributed by atoms with E-state index in [1.807, 2.05) is 24.4 Å². The maximum Gasteiger partial charge on any atom is 0.229 e. The van der Waals surface area contributed by atoms with Gasteiger partial charge in [-0.15, -0.1) is 0 Å². The van der Waals surface area contributed by atoms with Crippen molar-refractivity contribution >= 4 is 10.9 Å². The molecule has 0 amide bonds. The number of rotatable bonds is 6. The van der Waals surface area contributed by atoms with E-state index in [9.17, 15) is 15.3 Å². The van der Waals surface area contributed by atoms with Crippen LogP contribution in [0.5, 0.6) is 5.75 Å². The Kier molecular flexibility index (Phi) is 5.84. The van der Waals surface area contributed by atoms with Crippen LogP contribution in [0.15, 0.2) is 24.4 Å². The van der Waals surface area contributed by atoms with Crippen LogP contribution in [-0.4, -0.2) is 76.0 Å². The van der Waals surface area contributed by atoms with Gasteiger partial charge in [-0.1, -0.05) is 13.0 Å². The number of benzene rings is 1. The number of aromatic nitrogens is 1. The molecule has 0 bridgehead atoms. The molecule has 1 saturated heterocycles. The number of nitrogens with zero attached hydrogens (tertiary/aromatic N) is 1. The quantitative estimate of drug-likeness (QED) is 0.607. The highest BCUT2D eigenvalue weighted by atomic mass is 16.7. The Balaban J connectivity index is 1.84. The normalized spacial score (nSPS) is 29.4. The van der Waals surface area contributed by atoms with Crippen molar-refractivity contribution in [3.63, 3.8) is 0 Å². The molecule has 0 saturated carbocycles. The monoisotopic (exact) mass is 364 g/mol. The summed E-state index contributed by atoms with van der Waals surface area (Å²) in [4.78, 5) is 5.48. The van der Waals surface area contributed by atoms with Gasteiger partial charge in [0.05, 0.1) is 6.10 Å². The fourth-order valence-electron chi connectivity index (χ4n) is 3.22. The third-order valence-corrected chi connectivity index (χ3v) is 5.10. The molecule has 1 aromatic carbocycles. The third kappa shape index (κ3) is 3.72. The highest BCUT2D eigenvalue weighted by Gasteiger charge is 2.43. The molecule has 1 aliphatic rings. The zero-order valence-corrected chi connectivity index (χ0v) is 15.4. The zero-order valence-electron chi connectivity index (χ0n) is 15.4. The van der Waals surface area contributed by atoms with Crippen molar-refractivity contribution in [1.29, 1.82) is 0 Å². The maximum absolute atomic E-state index is 10.2. The molecule has 7 nitrogen and oxygen atoms in total. The summed E-state index contributed by atoms with van der Waals surface area (Å²) in [6.45, 7) is 5.65. The molecule has 3 rings (SSSR count). The lowest BCUT2D eigenvalue weighted by molar-refractivity contribution is -0.267. The van der Waals surface area contributed by atoms with Crippen molar-refractivity contribution in [2.24, 2.45) is 0 Å². The van der Waals surface area contributed by atoms with E-state index < -0.39 is 30.7 Å². The summed E-state index contributed by atoms with van der Waals surface area (Å²) >= 11 is 0. The van der Waals surface area contributed by atoms with E-state index in [0.29, 0.717) is 5.75 Å². The maximum atomic E-state index is 10.2. The van der Waals surface area contributed by atoms with Gasteiger partial charge in [-0.3, -0.25) is 0 Å². The summed E-state index contributed by atoms with van der Waals surface area (Å²) < 4.78 is 11.5. The van der Waals surface area contributed by atoms with E-state index in [1.54, 1.807) is 6.92 Å². The SMILES string of the molecule is CCN(C)CCc1c[nH]c2cccc(OC3OC(C)C(O)C(O)C3O)c12. The molecular formula is C19H28N2O5. The summed E-state index contributed by atoms with van der Waals surface area (Å²) in [5.41, 5.74) is 2.06.